The standard InChI is InChI=1S/C28H21NO2.ClHO4/c30-27(31)19-14-15-22-23(17-19)26-24-13-7-8-16-29(24)25(22)18-28(26,20-9-3-1-4-10-20)21-11-5-2-6-12-21;2-1(3,4)5/h1-17,25-26H,18H2;(H,2,3,4,5). The third kappa shape index (κ3) is 4.17. The van der Waals surface area contributed by atoms with Crippen LogP contribution in [-0.2, 0) is 5.41 Å². The number of rotatable bonds is 3. The molecule has 2 atom stereocenters. The van der Waals surface area contributed by atoms with Crippen molar-refractivity contribution in [1.82, 2.24) is 0 Å². The lowest BCUT2D eigenvalue weighted by molar-refractivity contribution is -2.00. The number of halogens is 1. The van der Waals surface area contributed by atoms with Gasteiger partial charge in [0.05, 0.1) is 11.5 Å². The van der Waals surface area contributed by atoms with Crippen LogP contribution in [0.25, 0.3) is 0 Å². The molecular weight excluding hydrogens is 482 g/mol. The average Bonchev–Trinajstić information content (AvgIpc) is 2.88. The molecule has 0 spiro atoms. The molecule has 7 rings (SSSR count). The van der Waals surface area contributed by atoms with Crippen molar-refractivity contribution in [2.24, 2.45) is 0 Å². The van der Waals surface area contributed by atoms with E-state index in [4.69, 9.17) is 18.6 Å². The van der Waals surface area contributed by atoms with Crippen LogP contribution >= 0.6 is 0 Å². The van der Waals surface area contributed by atoms with Crippen LogP contribution in [0.2, 0.25) is 0 Å². The fraction of sp³-hybridized carbons (Fsp3) is 0.143. The summed E-state index contributed by atoms with van der Waals surface area (Å²) in [6, 6.07) is 33.7. The monoisotopic (exact) mass is 503 g/mol. The summed E-state index contributed by atoms with van der Waals surface area (Å²) in [4.78, 5) is 11.8. The molecule has 2 aliphatic heterocycles. The van der Waals surface area contributed by atoms with Gasteiger partial charge in [-0.25, -0.2) is 23.4 Å². The maximum Gasteiger partial charge on any atom is 0.335 e. The lowest BCUT2D eigenvalue weighted by Crippen LogP contribution is -2.68. The second kappa shape index (κ2) is 9.13. The zero-order valence-corrected chi connectivity index (χ0v) is 19.7. The Morgan fingerprint density at radius 3 is 1.92 bits per heavy atom. The van der Waals surface area contributed by atoms with Gasteiger partial charge in [-0.2, -0.15) is 4.57 Å². The number of pyridine rings is 1. The summed E-state index contributed by atoms with van der Waals surface area (Å²) in [5.41, 5.74) is 6.25. The summed E-state index contributed by atoms with van der Waals surface area (Å²) in [7, 11) is -4.94. The first kappa shape index (κ1) is 24.1. The Hall–Kier alpha value is -3.59. The van der Waals surface area contributed by atoms with Gasteiger partial charge in [0.25, 0.3) is 0 Å². The van der Waals surface area contributed by atoms with Gasteiger partial charge in [0.2, 0.25) is 0 Å². The van der Waals surface area contributed by atoms with Crippen molar-refractivity contribution in [1.29, 1.82) is 0 Å². The maximum absolute atomic E-state index is 11.8. The van der Waals surface area contributed by atoms with E-state index in [-0.39, 0.29) is 17.4 Å². The van der Waals surface area contributed by atoms with Gasteiger partial charge in [-0.05, 0) is 28.8 Å². The van der Waals surface area contributed by atoms with Crippen LogP contribution in [0.3, 0.4) is 0 Å². The summed E-state index contributed by atoms with van der Waals surface area (Å²) in [5, 5.41) is 9.71. The highest BCUT2D eigenvalue weighted by Crippen LogP contribution is 2.59. The van der Waals surface area contributed by atoms with Crippen LogP contribution in [0, 0.1) is 10.2 Å². The van der Waals surface area contributed by atoms with E-state index in [1.165, 1.54) is 22.4 Å². The number of aromatic nitrogens is 1. The van der Waals surface area contributed by atoms with Crippen LogP contribution in [0.5, 0.6) is 0 Å². The highest BCUT2D eigenvalue weighted by Gasteiger charge is 2.59. The molecule has 0 radical (unpaired) electrons. The first-order valence-corrected chi connectivity index (χ1v) is 12.5. The Morgan fingerprint density at radius 2 is 1.36 bits per heavy atom. The van der Waals surface area contributed by atoms with Gasteiger partial charge in [-0.3, -0.25) is 0 Å². The Kier molecular flexibility index (Phi) is 6.12. The molecule has 7 nitrogen and oxygen atoms in total. The second-order valence-corrected chi connectivity index (χ2v) is 9.67. The molecule has 2 unspecified atom stereocenters. The molecule has 8 heteroatoms. The summed E-state index contributed by atoms with van der Waals surface area (Å²) in [5.74, 6) is -0.854. The number of fused-ring (bicyclic) bond motifs is 1. The van der Waals surface area contributed by atoms with E-state index in [1.807, 2.05) is 12.1 Å². The van der Waals surface area contributed by atoms with Gasteiger partial charge < -0.3 is 5.11 Å². The van der Waals surface area contributed by atoms with Gasteiger partial charge in [0.1, 0.15) is 0 Å². The highest BCUT2D eigenvalue weighted by atomic mass is 35.7. The summed E-state index contributed by atoms with van der Waals surface area (Å²) >= 11 is 0. The van der Waals surface area contributed by atoms with Gasteiger partial charge in [-0.15, -0.1) is 10.2 Å². The normalized spacial score (nSPS) is 18.9. The molecule has 0 saturated heterocycles. The lowest BCUT2D eigenvalue weighted by Gasteiger charge is -2.50. The molecule has 3 aliphatic rings. The molecule has 3 heterocycles. The van der Waals surface area contributed by atoms with Crippen molar-refractivity contribution in [3.63, 3.8) is 0 Å². The summed E-state index contributed by atoms with van der Waals surface area (Å²) in [6.07, 6.45) is 3.10. The smallest absolute Gasteiger partial charge is 0.335 e. The van der Waals surface area contributed by atoms with E-state index >= 15 is 0 Å². The minimum absolute atomic E-state index is 0.0257. The number of hydrogen-bond donors (Lipinski definition) is 1. The molecule has 0 fully saturated rings. The number of hydrogen-bond acceptors (Lipinski definition) is 5. The van der Waals surface area contributed by atoms with E-state index in [2.05, 4.69) is 89.6 Å². The molecule has 0 amide bonds. The highest BCUT2D eigenvalue weighted by molar-refractivity contribution is 5.88. The predicted octanol–water partition coefficient (Wildman–Crippen LogP) is 0.341. The molecule has 2 bridgehead atoms. The molecule has 4 aromatic rings. The third-order valence-electron chi connectivity index (χ3n) is 7.14. The average molecular weight is 504 g/mol. The Morgan fingerprint density at radius 1 is 0.806 bits per heavy atom. The maximum atomic E-state index is 11.8. The SMILES string of the molecule is O=C(O)c1ccc2c(c1)C1c3cccc[n+]3C2CC1(c1ccccc1)c1ccccc1.[O-][Cl+3]([O-])([O-])[O-]. The molecule has 182 valence electrons. The molecule has 36 heavy (non-hydrogen) atoms. The second-order valence-electron chi connectivity index (χ2n) is 8.92. The minimum atomic E-state index is -4.94. The molecule has 1 N–H and O–H groups in total. The van der Waals surface area contributed by atoms with E-state index in [9.17, 15) is 9.90 Å². The van der Waals surface area contributed by atoms with Crippen LogP contribution in [-0.4, -0.2) is 11.1 Å². The first-order chi connectivity index (χ1) is 17.2. The zero-order valence-electron chi connectivity index (χ0n) is 19.0. The Bertz CT molecular complexity index is 1360. The van der Waals surface area contributed by atoms with Crippen LogP contribution < -0.4 is 23.2 Å². The topological polar surface area (TPSA) is 133 Å². The third-order valence-corrected chi connectivity index (χ3v) is 7.14. The molecule has 3 aromatic carbocycles. The van der Waals surface area contributed by atoms with Crippen molar-refractivity contribution in [2.75, 3.05) is 0 Å². The van der Waals surface area contributed by atoms with E-state index in [0.717, 1.165) is 12.0 Å². The number of benzene rings is 3. The zero-order chi connectivity index (χ0) is 25.5. The van der Waals surface area contributed by atoms with Crippen LogP contribution in [0.15, 0.2) is 103 Å². The quantitative estimate of drug-likeness (QED) is 0.401. The number of carbonyl (C=O) groups is 1. The number of carboxylic acids is 1. The largest absolute Gasteiger partial charge is 0.478 e. The number of nitrogens with zero attached hydrogens (tertiary/aromatic N) is 1. The van der Waals surface area contributed by atoms with E-state index in [0.29, 0.717) is 5.56 Å². The summed E-state index contributed by atoms with van der Waals surface area (Å²) in [6.45, 7) is 0. The van der Waals surface area contributed by atoms with Crippen LogP contribution in [0.1, 0.15) is 56.7 Å². The number of carboxylic acid groups (broad SMARTS) is 1. The Balaban J connectivity index is 0.000000489. The number of aromatic carboxylic acids is 1. The molecule has 1 aromatic heterocycles. The Labute approximate surface area is 209 Å². The molecule has 0 saturated carbocycles. The molecular formula is C28H22ClNO6. The van der Waals surface area contributed by atoms with Crippen molar-refractivity contribution in [3.8, 4) is 0 Å². The predicted molar refractivity (Wildman–Crippen MR) is 118 cm³/mol. The van der Waals surface area contributed by atoms with Gasteiger partial charge in [-0.1, -0.05) is 72.8 Å². The molecule has 1 aliphatic carbocycles. The fourth-order valence-corrected chi connectivity index (χ4v) is 5.92. The van der Waals surface area contributed by atoms with Crippen molar-refractivity contribution >= 4 is 5.97 Å². The van der Waals surface area contributed by atoms with Crippen molar-refractivity contribution in [2.45, 2.75) is 23.8 Å². The van der Waals surface area contributed by atoms with E-state index < -0.39 is 16.2 Å². The summed E-state index contributed by atoms with van der Waals surface area (Å²) < 4.78 is 36.4. The van der Waals surface area contributed by atoms with Crippen molar-refractivity contribution in [3.05, 3.63) is 137 Å². The fourth-order valence-electron chi connectivity index (χ4n) is 5.92. The van der Waals surface area contributed by atoms with E-state index in [1.54, 1.807) is 6.07 Å². The van der Waals surface area contributed by atoms with Gasteiger partial charge >= 0.3 is 5.97 Å². The first-order valence-electron chi connectivity index (χ1n) is 11.3. The van der Waals surface area contributed by atoms with Gasteiger partial charge in [0, 0.05) is 29.5 Å². The van der Waals surface area contributed by atoms with Crippen LogP contribution in [0.4, 0.5) is 0 Å². The lowest BCUT2D eigenvalue weighted by atomic mass is 9.53. The van der Waals surface area contributed by atoms with Gasteiger partial charge in [0.15, 0.2) is 17.9 Å². The minimum Gasteiger partial charge on any atom is -0.478 e. The van der Waals surface area contributed by atoms with Crippen molar-refractivity contribution < 1.29 is 43.3 Å².